The third kappa shape index (κ3) is 3.83. The van der Waals surface area contributed by atoms with Crippen molar-refractivity contribution in [3.05, 3.63) is 69.7 Å². The molecule has 2 aromatic rings. The summed E-state index contributed by atoms with van der Waals surface area (Å²) < 4.78 is 0. The predicted molar refractivity (Wildman–Crippen MR) is 83.2 cm³/mol. The molecule has 2 rings (SSSR count). The summed E-state index contributed by atoms with van der Waals surface area (Å²) in [5.41, 5.74) is 7.73. The van der Waals surface area contributed by atoms with Gasteiger partial charge in [0.25, 0.3) is 0 Å². The van der Waals surface area contributed by atoms with Gasteiger partial charge in [-0.3, -0.25) is 4.79 Å². The molecular weight excluding hydrogens is 293 g/mol. The molecule has 1 atom stereocenters. The molecule has 0 fully saturated rings. The van der Waals surface area contributed by atoms with E-state index in [0.29, 0.717) is 10.0 Å². The van der Waals surface area contributed by atoms with Crippen LogP contribution in [0.2, 0.25) is 10.0 Å². The van der Waals surface area contributed by atoms with Crippen LogP contribution < -0.4 is 5.73 Å². The topological polar surface area (TPSA) is 43.1 Å². The molecule has 2 aromatic carbocycles. The van der Waals surface area contributed by atoms with E-state index in [2.05, 4.69) is 0 Å². The number of hydrogen-bond donors (Lipinski definition) is 1. The van der Waals surface area contributed by atoms with Gasteiger partial charge in [0.05, 0.1) is 10.0 Å². The number of hydrogen-bond acceptors (Lipinski definition) is 2. The maximum absolute atomic E-state index is 12.1. The second-order valence-corrected chi connectivity index (χ2v) is 5.43. The molecule has 1 unspecified atom stereocenters. The Kier molecular flexibility index (Phi) is 5.18. The number of carbonyl (C=O) groups is 1. The summed E-state index contributed by atoms with van der Waals surface area (Å²) in [6, 6.07) is 14.6. The Morgan fingerprint density at radius 3 is 2.45 bits per heavy atom. The van der Waals surface area contributed by atoms with E-state index in [4.69, 9.17) is 28.9 Å². The van der Waals surface area contributed by atoms with E-state index in [1.54, 1.807) is 18.2 Å². The van der Waals surface area contributed by atoms with Gasteiger partial charge in [0.15, 0.2) is 0 Å². The first-order valence-corrected chi connectivity index (χ1v) is 7.08. The average Bonchev–Trinajstić information content (AvgIpc) is 2.45. The Morgan fingerprint density at radius 1 is 1.05 bits per heavy atom. The van der Waals surface area contributed by atoms with Crippen LogP contribution in [0.15, 0.2) is 48.5 Å². The first-order valence-electron chi connectivity index (χ1n) is 6.33. The summed E-state index contributed by atoms with van der Waals surface area (Å²) >= 11 is 12.0. The van der Waals surface area contributed by atoms with Gasteiger partial charge in [-0.1, -0.05) is 65.7 Å². The predicted octanol–water partition coefficient (Wildman–Crippen LogP) is 4.20. The van der Waals surface area contributed by atoms with E-state index in [1.165, 1.54) is 0 Å². The van der Waals surface area contributed by atoms with Crippen LogP contribution in [-0.4, -0.2) is 5.78 Å². The van der Waals surface area contributed by atoms with E-state index < -0.39 is 0 Å². The number of nitrogens with two attached hydrogens (primary N) is 1. The van der Waals surface area contributed by atoms with Crippen LogP contribution >= 0.6 is 23.2 Å². The van der Waals surface area contributed by atoms with Gasteiger partial charge in [-0.15, -0.1) is 0 Å². The van der Waals surface area contributed by atoms with Crippen molar-refractivity contribution in [1.82, 2.24) is 0 Å². The minimum absolute atomic E-state index is 0.0468. The number of ketones is 1. The van der Waals surface area contributed by atoms with Gasteiger partial charge in [0, 0.05) is 18.9 Å². The van der Waals surface area contributed by atoms with Crippen molar-refractivity contribution in [3.63, 3.8) is 0 Å². The lowest BCUT2D eigenvalue weighted by Crippen LogP contribution is -2.16. The molecule has 0 bridgehead atoms. The van der Waals surface area contributed by atoms with Gasteiger partial charge in [0.2, 0.25) is 0 Å². The number of halogens is 2. The zero-order chi connectivity index (χ0) is 14.5. The van der Waals surface area contributed by atoms with Crippen molar-refractivity contribution >= 4 is 29.0 Å². The van der Waals surface area contributed by atoms with Crippen LogP contribution in [0.3, 0.4) is 0 Å². The third-order valence-electron chi connectivity index (χ3n) is 3.09. The lowest BCUT2D eigenvalue weighted by atomic mass is 9.99. The fourth-order valence-electron chi connectivity index (χ4n) is 2.03. The van der Waals surface area contributed by atoms with Crippen LogP contribution in [0.5, 0.6) is 0 Å². The quantitative estimate of drug-likeness (QED) is 0.899. The van der Waals surface area contributed by atoms with Crippen molar-refractivity contribution in [2.45, 2.75) is 18.9 Å². The van der Waals surface area contributed by atoms with Gasteiger partial charge in [-0.2, -0.15) is 0 Å². The van der Waals surface area contributed by atoms with Crippen molar-refractivity contribution in [1.29, 1.82) is 0 Å². The molecule has 0 saturated heterocycles. The van der Waals surface area contributed by atoms with E-state index in [0.717, 1.165) is 11.1 Å². The maximum atomic E-state index is 12.1. The molecule has 2 N–H and O–H groups in total. The fourth-order valence-corrected chi connectivity index (χ4v) is 2.42. The molecule has 0 radical (unpaired) electrons. The second-order valence-electron chi connectivity index (χ2n) is 4.65. The van der Waals surface area contributed by atoms with Crippen molar-refractivity contribution in [3.8, 4) is 0 Å². The molecule has 0 aliphatic rings. The minimum Gasteiger partial charge on any atom is -0.324 e. The Bertz CT molecular complexity index is 599. The van der Waals surface area contributed by atoms with E-state index >= 15 is 0 Å². The summed E-state index contributed by atoms with van der Waals surface area (Å²) in [7, 11) is 0. The molecule has 0 aromatic heterocycles. The van der Waals surface area contributed by atoms with Gasteiger partial charge >= 0.3 is 0 Å². The second kappa shape index (κ2) is 6.89. The molecule has 0 amide bonds. The number of benzene rings is 2. The van der Waals surface area contributed by atoms with Crippen molar-refractivity contribution in [2.75, 3.05) is 0 Å². The summed E-state index contributed by atoms with van der Waals surface area (Å²) in [6.07, 6.45) is 0.535. The SMILES string of the molecule is NC(CC(=O)Cc1cccc(Cl)c1Cl)c1ccccc1. The van der Waals surface area contributed by atoms with Crippen LogP contribution in [0, 0.1) is 0 Å². The lowest BCUT2D eigenvalue weighted by molar-refractivity contribution is -0.118. The van der Waals surface area contributed by atoms with E-state index in [1.807, 2.05) is 30.3 Å². The lowest BCUT2D eigenvalue weighted by Gasteiger charge is -2.11. The normalized spacial score (nSPS) is 12.2. The van der Waals surface area contributed by atoms with Gasteiger partial charge < -0.3 is 5.73 Å². The number of Topliss-reactive ketones (excluding diaryl/α,β-unsaturated/α-hetero) is 1. The zero-order valence-electron chi connectivity index (χ0n) is 10.9. The zero-order valence-corrected chi connectivity index (χ0v) is 12.4. The largest absolute Gasteiger partial charge is 0.324 e. The standard InChI is InChI=1S/C16H15Cl2NO/c17-14-8-4-7-12(16(14)18)9-13(20)10-15(19)11-5-2-1-3-6-11/h1-8,15H,9-10,19H2. The fraction of sp³-hybridized carbons (Fsp3) is 0.188. The average molecular weight is 308 g/mol. The molecular formula is C16H15Cl2NO. The Hall–Kier alpha value is -1.35. The Balaban J connectivity index is 2.01. The molecule has 20 heavy (non-hydrogen) atoms. The van der Waals surface area contributed by atoms with E-state index in [-0.39, 0.29) is 24.7 Å². The maximum Gasteiger partial charge on any atom is 0.139 e. The first kappa shape index (κ1) is 15.0. The van der Waals surface area contributed by atoms with E-state index in [9.17, 15) is 4.79 Å². The van der Waals surface area contributed by atoms with Crippen LogP contribution in [0.25, 0.3) is 0 Å². The summed E-state index contributed by atoms with van der Waals surface area (Å²) in [5.74, 6) is 0.0468. The molecule has 2 nitrogen and oxygen atoms in total. The molecule has 0 spiro atoms. The molecule has 0 aliphatic heterocycles. The monoisotopic (exact) mass is 307 g/mol. The van der Waals surface area contributed by atoms with Gasteiger partial charge in [-0.25, -0.2) is 0 Å². The van der Waals surface area contributed by atoms with Crippen LogP contribution in [-0.2, 0) is 11.2 Å². The first-order chi connectivity index (χ1) is 9.58. The molecule has 0 heterocycles. The number of carbonyl (C=O) groups excluding carboxylic acids is 1. The van der Waals surface area contributed by atoms with Crippen LogP contribution in [0.1, 0.15) is 23.6 Å². The summed E-state index contributed by atoms with van der Waals surface area (Å²) in [6.45, 7) is 0. The van der Waals surface area contributed by atoms with Gasteiger partial charge in [-0.05, 0) is 17.2 Å². The smallest absolute Gasteiger partial charge is 0.139 e. The molecule has 0 saturated carbocycles. The molecule has 104 valence electrons. The summed E-state index contributed by atoms with van der Waals surface area (Å²) in [4.78, 5) is 12.1. The van der Waals surface area contributed by atoms with Crippen LogP contribution in [0.4, 0.5) is 0 Å². The third-order valence-corrected chi connectivity index (χ3v) is 3.95. The molecule has 4 heteroatoms. The highest BCUT2D eigenvalue weighted by Crippen LogP contribution is 2.26. The summed E-state index contributed by atoms with van der Waals surface area (Å²) in [5, 5.41) is 0.903. The highest BCUT2D eigenvalue weighted by molar-refractivity contribution is 6.42. The highest BCUT2D eigenvalue weighted by Gasteiger charge is 2.14. The van der Waals surface area contributed by atoms with Gasteiger partial charge in [0.1, 0.15) is 5.78 Å². The van der Waals surface area contributed by atoms with Crippen molar-refractivity contribution in [2.24, 2.45) is 5.73 Å². The highest BCUT2D eigenvalue weighted by atomic mass is 35.5. The number of rotatable bonds is 5. The van der Waals surface area contributed by atoms with Crippen molar-refractivity contribution < 1.29 is 4.79 Å². The minimum atomic E-state index is -0.290. The Labute approximate surface area is 128 Å². The Morgan fingerprint density at radius 2 is 1.75 bits per heavy atom. The molecule has 0 aliphatic carbocycles.